The average Bonchev–Trinajstić information content (AvgIpc) is 2.59. The van der Waals surface area contributed by atoms with Gasteiger partial charge in [-0.1, -0.05) is 0 Å². The molecule has 118 valence electrons. The molecule has 1 unspecified atom stereocenters. The largest absolute Gasteiger partial charge is 0.496 e. The highest BCUT2D eigenvalue weighted by atomic mass is 79.9. The zero-order valence-electron chi connectivity index (χ0n) is 12.5. The summed E-state index contributed by atoms with van der Waals surface area (Å²) in [5, 5.41) is 0. The van der Waals surface area contributed by atoms with Crippen LogP contribution in [0.25, 0.3) is 0 Å². The fourth-order valence-electron chi connectivity index (χ4n) is 2.65. The Hall–Kier alpha value is -0.630. The third-order valence-electron chi connectivity index (χ3n) is 3.72. The second kappa shape index (κ2) is 6.64. The predicted molar refractivity (Wildman–Crippen MR) is 86.2 cm³/mol. The van der Waals surface area contributed by atoms with Crippen molar-refractivity contribution in [3.05, 3.63) is 22.7 Å². The number of likely N-dealkylation sites (N-methyl/N-ethyl adjacent to an activating group) is 1. The lowest BCUT2D eigenvalue weighted by Crippen LogP contribution is -2.41. The van der Waals surface area contributed by atoms with E-state index in [9.17, 15) is 8.42 Å². The number of rotatable bonds is 3. The van der Waals surface area contributed by atoms with E-state index in [1.54, 1.807) is 29.6 Å². The molecule has 7 heteroatoms. The third kappa shape index (κ3) is 3.59. The van der Waals surface area contributed by atoms with E-state index < -0.39 is 10.0 Å². The van der Waals surface area contributed by atoms with Gasteiger partial charge in [-0.15, -0.1) is 0 Å². The smallest absolute Gasteiger partial charge is 0.243 e. The van der Waals surface area contributed by atoms with Crippen LogP contribution < -0.4 is 4.74 Å². The second-order valence-corrected chi connectivity index (χ2v) is 8.12. The molecule has 0 amide bonds. The Morgan fingerprint density at radius 2 is 2.05 bits per heavy atom. The zero-order chi connectivity index (χ0) is 15.6. The van der Waals surface area contributed by atoms with Crippen molar-refractivity contribution in [2.45, 2.75) is 24.3 Å². The maximum atomic E-state index is 12.9. The summed E-state index contributed by atoms with van der Waals surface area (Å²) in [6.07, 6.45) is 0.845. The molecule has 5 nitrogen and oxygen atoms in total. The zero-order valence-corrected chi connectivity index (χ0v) is 14.9. The average molecular weight is 377 g/mol. The number of methoxy groups -OCH3 is 1. The van der Waals surface area contributed by atoms with Crippen molar-refractivity contribution in [3.63, 3.8) is 0 Å². The predicted octanol–water partition coefficient (Wildman–Crippen LogP) is 2.17. The van der Waals surface area contributed by atoms with Crippen LogP contribution >= 0.6 is 15.9 Å². The van der Waals surface area contributed by atoms with Gasteiger partial charge in [-0.3, -0.25) is 0 Å². The Morgan fingerprint density at radius 3 is 2.67 bits per heavy atom. The van der Waals surface area contributed by atoms with Crippen molar-refractivity contribution in [1.29, 1.82) is 0 Å². The molecule has 1 fully saturated rings. The first-order valence-electron chi connectivity index (χ1n) is 6.90. The highest BCUT2D eigenvalue weighted by molar-refractivity contribution is 9.10. The highest BCUT2D eigenvalue weighted by Crippen LogP contribution is 2.29. The van der Waals surface area contributed by atoms with Gasteiger partial charge in [0.25, 0.3) is 0 Å². The van der Waals surface area contributed by atoms with E-state index in [0.29, 0.717) is 21.7 Å². The SMILES string of the molecule is COc1ccc(S(=O)(=O)N2CCCN(C)CC2C)cc1Br. The lowest BCUT2D eigenvalue weighted by atomic mass is 10.3. The van der Waals surface area contributed by atoms with Crippen molar-refractivity contribution in [1.82, 2.24) is 9.21 Å². The number of nitrogens with zero attached hydrogens (tertiary/aromatic N) is 2. The van der Waals surface area contributed by atoms with Crippen LogP contribution in [0.2, 0.25) is 0 Å². The number of benzene rings is 1. The Labute approximate surface area is 135 Å². The van der Waals surface area contributed by atoms with Crippen molar-refractivity contribution < 1.29 is 13.2 Å². The maximum Gasteiger partial charge on any atom is 0.243 e. The standard InChI is InChI=1S/C14H21BrN2O3S/c1-11-10-16(2)7-4-8-17(11)21(18,19)12-5-6-14(20-3)13(15)9-12/h5-6,9,11H,4,7-8,10H2,1-3H3. The third-order valence-corrected chi connectivity index (χ3v) is 6.34. The summed E-state index contributed by atoms with van der Waals surface area (Å²) in [4.78, 5) is 2.47. The van der Waals surface area contributed by atoms with Gasteiger partial charge in [-0.25, -0.2) is 8.42 Å². The summed E-state index contributed by atoms with van der Waals surface area (Å²) in [5.74, 6) is 0.623. The van der Waals surface area contributed by atoms with Gasteiger partial charge in [0.1, 0.15) is 5.75 Å². The Bertz CT molecular complexity index is 606. The van der Waals surface area contributed by atoms with Crippen molar-refractivity contribution >= 4 is 26.0 Å². The van der Waals surface area contributed by atoms with Crippen LogP contribution in [0.1, 0.15) is 13.3 Å². The number of hydrogen-bond acceptors (Lipinski definition) is 4. The molecule has 0 aromatic heterocycles. The summed E-state index contributed by atoms with van der Waals surface area (Å²) < 4.78 is 33.1. The molecule has 0 radical (unpaired) electrons. The monoisotopic (exact) mass is 376 g/mol. The molecule has 1 heterocycles. The van der Waals surface area contributed by atoms with Crippen molar-refractivity contribution in [2.24, 2.45) is 0 Å². The van der Waals surface area contributed by atoms with Gasteiger partial charge in [-0.05, 0) is 61.1 Å². The van der Waals surface area contributed by atoms with Crippen molar-refractivity contribution in [2.75, 3.05) is 33.8 Å². The van der Waals surface area contributed by atoms with Gasteiger partial charge in [0.2, 0.25) is 10.0 Å². The minimum Gasteiger partial charge on any atom is -0.496 e. The molecule has 1 aromatic rings. The first kappa shape index (κ1) is 16.7. The maximum absolute atomic E-state index is 12.9. The van der Waals surface area contributed by atoms with E-state index in [2.05, 4.69) is 20.8 Å². The lowest BCUT2D eigenvalue weighted by molar-refractivity contribution is 0.290. The number of halogens is 1. The highest BCUT2D eigenvalue weighted by Gasteiger charge is 2.31. The molecule has 1 saturated heterocycles. The fourth-order valence-corrected chi connectivity index (χ4v) is 5.03. The minimum atomic E-state index is -3.48. The molecule has 21 heavy (non-hydrogen) atoms. The Balaban J connectivity index is 2.34. The quantitative estimate of drug-likeness (QED) is 0.810. The molecule has 0 spiro atoms. The van der Waals surface area contributed by atoms with Gasteiger partial charge < -0.3 is 9.64 Å². The molecule has 1 aromatic carbocycles. The van der Waals surface area contributed by atoms with E-state index in [4.69, 9.17) is 4.74 Å². The molecule has 0 N–H and O–H groups in total. The minimum absolute atomic E-state index is 0.0385. The van der Waals surface area contributed by atoms with Crippen LogP contribution in [0, 0.1) is 0 Å². The Morgan fingerprint density at radius 1 is 1.33 bits per heavy atom. The van der Waals surface area contributed by atoms with Crippen LogP contribution in [0.4, 0.5) is 0 Å². The molecule has 1 atom stereocenters. The normalized spacial score (nSPS) is 22.0. The summed E-state index contributed by atoms with van der Waals surface area (Å²) in [6.45, 7) is 4.18. The van der Waals surface area contributed by atoms with Gasteiger partial charge in [0.05, 0.1) is 16.5 Å². The number of ether oxygens (including phenoxy) is 1. The van der Waals surface area contributed by atoms with Gasteiger partial charge in [-0.2, -0.15) is 4.31 Å². The summed E-state index contributed by atoms with van der Waals surface area (Å²) in [5.41, 5.74) is 0. The molecule has 2 rings (SSSR count). The molecular formula is C14H21BrN2O3S. The van der Waals surface area contributed by atoms with Crippen LogP contribution in [0.3, 0.4) is 0 Å². The molecule has 0 saturated carbocycles. The fraction of sp³-hybridized carbons (Fsp3) is 0.571. The Kier molecular flexibility index (Phi) is 5.29. The van der Waals surface area contributed by atoms with Gasteiger partial charge in [0.15, 0.2) is 0 Å². The van der Waals surface area contributed by atoms with E-state index in [1.807, 2.05) is 14.0 Å². The van der Waals surface area contributed by atoms with Crippen LogP contribution in [-0.4, -0.2) is 57.5 Å². The van der Waals surface area contributed by atoms with E-state index in [1.165, 1.54) is 0 Å². The molecular weight excluding hydrogens is 356 g/mol. The molecule has 0 bridgehead atoms. The first-order chi connectivity index (χ1) is 9.86. The lowest BCUT2D eigenvalue weighted by Gasteiger charge is -2.27. The molecule has 1 aliphatic rings. The van der Waals surface area contributed by atoms with Gasteiger partial charge >= 0.3 is 0 Å². The van der Waals surface area contributed by atoms with Crippen LogP contribution in [0.5, 0.6) is 5.75 Å². The van der Waals surface area contributed by atoms with E-state index in [-0.39, 0.29) is 6.04 Å². The molecule has 1 aliphatic heterocycles. The van der Waals surface area contributed by atoms with Crippen LogP contribution in [-0.2, 0) is 10.0 Å². The topological polar surface area (TPSA) is 49.9 Å². The summed E-state index contributed by atoms with van der Waals surface area (Å²) >= 11 is 3.35. The number of hydrogen-bond donors (Lipinski definition) is 0. The van der Waals surface area contributed by atoms with Gasteiger partial charge in [0, 0.05) is 19.1 Å². The molecule has 0 aliphatic carbocycles. The van der Waals surface area contributed by atoms with Crippen molar-refractivity contribution in [3.8, 4) is 5.75 Å². The van der Waals surface area contributed by atoms with E-state index in [0.717, 1.165) is 19.5 Å². The summed E-state index contributed by atoms with van der Waals surface area (Å²) in [6, 6.07) is 4.84. The van der Waals surface area contributed by atoms with E-state index >= 15 is 0 Å². The second-order valence-electron chi connectivity index (χ2n) is 5.38. The first-order valence-corrected chi connectivity index (χ1v) is 9.13. The van der Waals surface area contributed by atoms with Crippen LogP contribution in [0.15, 0.2) is 27.6 Å². The number of sulfonamides is 1. The summed E-state index contributed by atoms with van der Waals surface area (Å²) in [7, 11) is 0.0966.